The quantitative estimate of drug-likeness (QED) is 0.777. The predicted molar refractivity (Wildman–Crippen MR) is 65.6 cm³/mol. The maximum absolute atomic E-state index is 5.77. The van der Waals surface area contributed by atoms with Crippen LogP contribution in [-0.4, -0.2) is 24.3 Å². The molecule has 3 aliphatic rings. The molecule has 1 saturated heterocycles. The van der Waals surface area contributed by atoms with Crippen LogP contribution in [0.2, 0.25) is 0 Å². The SMILES string of the molecule is C1CCC(NC2CCC3(CCO3)CC2)CC1. The molecule has 0 aromatic heterocycles. The van der Waals surface area contributed by atoms with Crippen molar-refractivity contribution in [2.75, 3.05) is 6.61 Å². The van der Waals surface area contributed by atoms with Gasteiger partial charge >= 0.3 is 0 Å². The topological polar surface area (TPSA) is 21.3 Å². The minimum absolute atomic E-state index is 0.338. The summed E-state index contributed by atoms with van der Waals surface area (Å²) in [6, 6.07) is 1.62. The van der Waals surface area contributed by atoms with Crippen molar-refractivity contribution in [1.29, 1.82) is 0 Å². The first-order chi connectivity index (χ1) is 7.86. The molecule has 2 heteroatoms. The molecule has 0 amide bonds. The average Bonchev–Trinajstić information content (AvgIpc) is 2.29. The molecule has 16 heavy (non-hydrogen) atoms. The summed E-state index contributed by atoms with van der Waals surface area (Å²) in [7, 11) is 0. The second-order valence-corrected chi connectivity index (χ2v) is 6.06. The van der Waals surface area contributed by atoms with Gasteiger partial charge < -0.3 is 10.1 Å². The molecule has 0 unspecified atom stereocenters. The third-order valence-electron chi connectivity index (χ3n) is 4.94. The Labute approximate surface area is 99.1 Å². The lowest BCUT2D eigenvalue weighted by Gasteiger charge is -2.47. The Morgan fingerprint density at radius 1 is 0.812 bits per heavy atom. The van der Waals surface area contributed by atoms with Gasteiger partial charge in [-0.15, -0.1) is 0 Å². The molecule has 0 radical (unpaired) electrons. The second kappa shape index (κ2) is 4.66. The zero-order valence-electron chi connectivity index (χ0n) is 10.3. The van der Waals surface area contributed by atoms with Crippen LogP contribution in [0, 0.1) is 0 Å². The zero-order chi connectivity index (χ0) is 10.8. The monoisotopic (exact) mass is 223 g/mol. The van der Waals surface area contributed by atoms with E-state index in [-0.39, 0.29) is 0 Å². The van der Waals surface area contributed by atoms with Crippen LogP contribution >= 0.6 is 0 Å². The number of hydrogen-bond acceptors (Lipinski definition) is 2. The summed E-state index contributed by atoms with van der Waals surface area (Å²) in [4.78, 5) is 0. The van der Waals surface area contributed by atoms with Crippen molar-refractivity contribution >= 4 is 0 Å². The molecule has 3 rings (SSSR count). The van der Waals surface area contributed by atoms with Crippen LogP contribution in [0.25, 0.3) is 0 Å². The van der Waals surface area contributed by atoms with E-state index in [0.29, 0.717) is 5.60 Å². The summed E-state index contributed by atoms with van der Waals surface area (Å²) in [5.41, 5.74) is 0.338. The van der Waals surface area contributed by atoms with Gasteiger partial charge in [0, 0.05) is 12.1 Å². The lowest BCUT2D eigenvalue weighted by Crippen LogP contribution is -2.51. The highest BCUT2D eigenvalue weighted by atomic mass is 16.5. The van der Waals surface area contributed by atoms with Crippen LogP contribution in [0.1, 0.15) is 64.2 Å². The van der Waals surface area contributed by atoms with E-state index in [1.54, 1.807) is 0 Å². The lowest BCUT2D eigenvalue weighted by atomic mass is 9.77. The van der Waals surface area contributed by atoms with E-state index in [1.807, 2.05) is 0 Å². The first-order valence-electron chi connectivity index (χ1n) is 7.26. The molecule has 2 nitrogen and oxygen atoms in total. The van der Waals surface area contributed by atoms with Gasteiger partial charge in [0.15, 0.2) is 0 Å². The van der Waals surface area contributed by atoms with E-state index >= 15 is 0 Å². The predicted octanol–water partition coefficient (Wildman–Crippen LogP) is 3.01. The Morgan fingerprint density at radius 2 is 1.44 bits per heavy atom. The van der Waals surface area contributed by atoms with Crippen LogP contribution in [0.4, 0.5) is 0 Å². The van der Waals surface area contributed by atoms with Crippen molar-refractivity contribution in [2.24, 2.45) is 0 Å². The van der Waals surface area contributed by atoms with Gasteiger partial charge in [-0.25, -0.2) is 0 Å². The summed E-state index contributed by atoms with van der Waals surface area (Å²) in [6.45, 7) is 1.01. The fourth-order valence-corrected chi connectivity index (χ4v) is 3.70. The normalized spacial score (nSPS) is 40.9. The summed E-state index contributed by atoms with van der Waals surface area (Å²) < 4.78 is 5.77. The highest BCUT2D eigenvalue weighted by Crippen LogP contribution is 2.40. The van der Waals surface area contributed by atoms with Crippen molar-refractivity contribution < 1.29 is 4.74 Å². The molecule has 1 spiro atoms. The molecule has 1 aliphatic heterocycles. The van der Waals surface area contributed by atoms with Crippen molar-refractivity contribution in [1.82, 2.24) is 5.32 Å². The van der Waals surface area contributed by atoms with Crippen molar-refractivity contribution in [3.05, 3.63) is 0 Å². The zero-order valence-corrected chi connectivity index (χ0v) is 10.3. The summed E-state index contributed by atoms with van der Waals surface area (Å²) in [5, 5.41) is 3.89. The van der Waals surface area contributed by atoms with Gasteiger partial charge in [0.1, 0.15) is 0 Å². The molecule has 0 aromatic carbocycles. The van der Waals surface area contributed by atoms with E-state index in [2.05, 4.69) is 5.32 Å². The Bertz CT molecular complexity index is 221. The number of rotatable bonds is 2. The van der Waals surface area contributed by atoms with Crippen LogP contribution < -0.4 is 5.32 Å². The van der Waals surface area contributed by atoms with E-state index in [1.165, 1.54) is 64.2 Å². The van der Waals surface area contributed by atoms with Crippen molar-refractivity contribution in [3.8, 4) is 0 Å². The second-order valence-electron chi connectivity index (χ2n) is 6.06. The summed E-state index contributed by atoms with van der Waals surface area (Å²) >= 11 is 0. The number of ether oxygens (including phenoxy) is 1. The first-order valence-corrected chi connectivity index (χ1v) is 7.26. The molecule has 2 saturated carbocycles. The molecular formula is C14H25NO. The molecule has 1 heterocycles. The van der Waals surface area contributed by atoms with Gasteiger partial charge in [-0.3, -0.25) is 0 Å². The van der Waals surface area contributed by atoms with Crippen LogP contribution in [0.5, 0.6) is 0 Å². The number of hydrogen-bond donors (Lipinski definition) is 1. The minimum Gasteiger partial charge on any atom is -0.375 e. The minimum atomic E-state index is 0.338. The lowest BCUT2D eigenvalue weighted by molar-refractivity contribution is -0.167. The maximum atomic E-state index is 5.77. The van der Waals surface area contributed by atoms with Gasteiger partial charge in [-0.2, -0.15) is 0 Å². The number of nitrogens with one attached hydrogen (secondary N) is 1. The standard InChI is InChI=1S/C14H25NO/c1-2-4-12(5-3-1)15-13-6-8-14(9-7-13)10-11-16-14/h12-13,15H,1-11H2. The van der Waals surface area contributed by atoms with Crippen LogP contribution in [-0.2, 0) is 4.74 Å². The third-order valence-corrected chi connectivity index (χ3v) is 4.94. The van der Waals surface area contributed by atoms with Gasteiger partial charge in [0.05, 0.1) is 12.2 Å². The molecule has 3 fully saturated rings. The molecule has 1 N–H and O–H groups in total. The van der Waals surface area contributed by atoms with Gasteiger partial charge in [0.25, 0.3) is 0 Å². The van der Waals surface area contributed by atoms with Gasteiger partial charge in [0.2, 0.25) is 0 Å². The van der Waals surface area contributed by atoms with Crippen molar-refractivity contribution in [2.45, 2.75) is 81.9 Å². The largest absolute Gasteiger partial charge is 0.375 e. The van der Waals surface area contributed by atoms with Crippen LogP contribution in [0.3, 0.4) is 0 Å². The van der Waals surface area contributed by atoms with Crippen LogP contribution in [0.15, 0.2) is 0 Å². The molecule has 0 aromatic rings. The van der Waals surface area contributed by atoms with E-state index < -0.39 is 0 Å². The molecule has 0 bridgehead atoms. The Hall–Kier alpha value is -0.0800. The van der Waals surface area contributed by atoms with Crippen molar-refractivity contribution in [3.63, 3.8) is 0 Å². The highest BCUT2D eigenvalue weighted by molar-refractivity contribution is 4.94. The fourth-order valence-electron chi connectivity index (χ4n) is 3.70. The van der Waals surface area contributed by atoms with Gasteiger partial charge in [-0.1, -0.05) is 19.3 Å². The molecule has 92 valence electrons. The Balaban J connectivity index is 1.43. The van der Waals surface area contributed by atoms with E-state index in [0.717, 1.165) is 18.7 Å². The fraction of sp³-hybridized carbons (Fsp3) is 1.00. The average molecular weight is 223 g/mol. The Morgan fingerprint density at radius 3 is 2.00 bits per heavy atom. The molecule has 0 atom stereocenters. The first kappa shape index (κ1) is 11.0. The molecular weight excluding hydrogens is 198 g/mol. The highest BCUT2D eigenvalue weighted by Gasteiger charge is 2.41. The summed E-state index contributed by atoms with van der Waals surface area (Å²) in [5.74, 6) is 0. The Kier molecular flexibility index (Phi) is 3.21. The van der Waals surface area contributed by atoms with Gasteiger partial charge in [-0.05, 0) is 44.9 Å². The summed E-state index contributed by atoms with van der Waals surface area (Å²) in [6.07, 6.45) is 13.8. The third kappa shape index (κ3) is 2.28. The smallest absolute Gasteiger partial charge is 0.0705 e. The molecule has 2 aliphatic carbocycles. The maximum Gasteiger partial charge on any atom is 0.0705 e. The van der Waals surface area contributed by atoms with E-state index in [9.17, 15) is 0 Å². The van der Waals surface area contributed by atoms with E-state index in [4.69, 9.17) is 4.74 Å².